The van der Waals surface area contributed by atoms with Crippen LogP contribution in [0.3, 0.4) is 0 Å². The number of halogens is 1. The minimum absolute atomic E-state index is 0.0336. The molecule has 20 heavy (non-hydrogen) atoms. The van der Waals surface area contributed by atoms with Crippen molar-refractivity contribution in [2.75, 3.05) is 7.11 Å². The molecule has 0 amide bonds. The quantitative estimate of drug-likeness (QED) is 0.908. The van der Waals surface area contributed by atoms with Gasteiger partial charge in [-0.05, 0) is 49.2 Å². The van der Waals surface area contributed by atoms with Gasteiger partial charge >= 0.3 is 0 Å². The van der Waals surface area contributed by atoms with Crippen LogP contribution >= 0.6 is 11.8 Å². The smallest absolute Gasteiger partial charge is 0.137 e. The molecule has 0 aliphatic carbocycles. The van der Waals surface area contributed by atoms with Gasteiger partial charge in [0.1, 0.15) is 11.6 Å². The fourth-order valence-corrected chi connectivity index (χ4v) is 2.79. The summed E-state index contributed by atoms with van der Waals surface area (Å²) < 4.78 is 19.2. The molecule has 0 saturated carbocycles. The Morgan fingerprint density at radius 1 is 1.25 bits per heavy atom. The van der Waals surface area contributed by atoms with Crippen LogP contribution in [0.4, 0.5) is 4.39 Å². The highest BCUT2D eigenvalue weighted by Gasteiger charge is 2.07. The molecule has 2 aromatic rings. The number of nitrogens with two attached hydrogens (primary N) is 1. The van der Waals surface area contributed by atoms with Crippen molar-refractivity contribution in [3.05, 3.63) is 53.8 Å². The molecule has 0 bridgehead atoms. The first kappa shape index (κ1) is 14.9. The highest BCUT2D eigenvalue weighted by atomic mass is 32.2. The minimum Gasteiger partial charge on any atom is -0.497 e. The van der Waals surface area contributed by atoms with Crippen molar-refractivity contribution in [1.29, 1.82) is 0 Å². The predicted molar refractivity (Wildman–Crippen MR) is 80.9 cm³/mol. The number of rotatable bonds is 5. The molecule has 1 atom stereocenters. The van der Waals surface area contributed by atoms with Gasteiger partial charge in [0.25, 0.3) is 0 Å². The third-order valence-electron chi connectivity index (χ3n) is 2.82. The van der Waals surface area contributed by atoms with Crippen molar-refractivity contribution < 1.29 is 9.13 Å². The van der Waals surface area contributed by atoms with Crippen LogP contribution < -0.4 is 10.5 Å². The summed E-state index contributed by atoms with van der Waals surface area (Å²) in [6.45, 7) is 1.91. The summed E-state index contributed by atoms with van der Waals surface area (Å²) in [5.41, 5.74) is 6.65. The number of methoxy groups -OCH3 is 1. The van der Waals surface area contributed by atoms with Crippen LogP contribution in [-0.2, 0) is 6.42 Å². The number of benzene rings is 2. The first-order chi connectivity index (χ1) is 9.58. The lowest BCUT2D eigenvalue weighted by Gasteiger charge is -2.09. The van der Waals surface area contributed by atoms with E-state index in [0.29, 0.717) is 11.3 Å². The molecular weight excluding hydrogens is 273 g/mol. The van der Waals surface area contributed by atoms with Gasteiger partial charge in [-0.3, -0.25) is 0 Å². The summed E-state index contributed by atoms with van der Waals surface area (Å²) >= 11 is 1.39. The molecule has 0 radical (unpaired) electrons. The van der Waals surface area contributed by atoms with Crippen molar-refractivity contribution in [1.82, 2.24) is 0 Å². The van der Waals surface area contributed by atoms with E-state index in [4.69, 9.17) is 10.5 Å². The van der Waals surface area contributed by atoms with Crippen LogP contribution in [0.25, 0.3) is 0 Å². The van der Waals surface area contributed by atoms with Gasteiger partial charge in [-0.2, -0.15) is 0 Å². The van der Waals surface area contributed by atoms with E-state index in [-0.39, 0.29) is 11.9 Å². The molecular formula is C16H18FNOS. The first-order valence-electron chi connectivity index (χ1n) is 6.44. The Hall–Kier alpha value is -1.52. The van der Waals surface area contributed by atoms with Crippen molar-refractivity contribution in [2.24, 2.45) is 5.73 Å². The van der Waals surface area contributed by atoms with Crippen LogP contribution in [0, 0.1) is 5.82 Å². The Kier molecular flexibility index (Phi) is 5.04. The molecule has 2 nitrogen and oxygen atoms in total. The molecule has 4 heteroatoms. The Morgan fingerprint density at radius 2 is 2.05 bits per heavy atom. The summed E-state index contributed by atoms with van der Waals surface area (Å²) in [4.78, 5) is 1.55. The third-order valence-corrected chi connectivity index (χ3v) is 3.86. The zero-order valence-corrected chi connectivity index (χ0v) is 12.4. The summed E-state index contributed by atoms with van der Waals surface area (Å²) in [5, 5.41) is 0. The lowest BCUT2D eigenvalue weighted by Crippen LogP contribution is -2.17. The fraction of sp³-hybridized carbons (Fsp3) is 0.250. The summed E-state index contributed by atoms with van der Waals surface area (Å²) in [6, 6.07) is 12.9. The lowest BCUT2D eigenvalue weighted by atomic mass is 10.1. The summed E-state index contributed by atoms with van der Waals surface area (Å²) in [6.07, 6.45) is 0.682. The maximum atomic E-state index is 14.1. The average molecular weight is 291 g/mol. The molecule has 2 aromatic carbocycles. The highest BCUT2D eigenvalue weighted by Crippen LogP contribution is 2.32. The van der Waals surface area contributed by atoms with E-state index in [1.165, 1.54) is 11.8 Å². The Balaban J connectivity index is 2.16. The first-order valence-corrected chi connectivity index (χ1v) is 7.26. The monoisotopic (exact) mass is 291 g/mol. The molecule has 0 aromatic heterocycles. The Morgan fingerprint density at radius 3 is 2.70 bits per heavy atom. The zero-order valence-electron chi connectivity index (χ0n) is 11.6. The van der Waals surface area contributed by atoms with Crippen molar-refractivity contribution in [3.8, 4) is 5.75 Å². The molecule has 0 aliphatic rings. The van der Waals surface area contributed by atoms with E-state index < -0.39 is 0 Å². The van der Waals surface area contributed by atoms with Gasteiger partial charge in [0, 0.05) is 15.8 Å². The number of ether oxygens (including phenoxy) is 1. The minimum atomic E-state index is -0.212. The standard InChI is InChI=1S/C16H18FNOS/c1-11(18)8-12-6-7-16(15(17)9-12)20-14-5-3-4-13(10-14)19-2/h3-7,9-11H,8,18H2,1-2H3. The molecule has 2 rings (SSSR count). The van der Waals surface area contributed by atoms with E-state index in [0.717, 1.165) is 16.2 Å². The normalized spacial score (nSPS) is 12.2. The van der Waals surface area contributed by atoms with Gasteiger partial charge in [0.05, 0.1) is 7.11 Å². The van der Waals surface area contributed by atoms with Gasteiger partial charge in [-0.25, -0.2) is 4.39 Å². The van der Waals surface area contributed by atoms with Gasteiger partial charge < -0.3 is 10.5 Å². The lowest BCUT2D eigenvalue weighted by molar-refractivity contribution is 0.413. The van der Waals surface area contributed by atoms with Gasteiger partial charge in [-0.15, -0.1) is 0 Å². The molecule has 0 saturated heterocycles. The number of hydrogen-bond donors (Lipinski definition) is 1. The van der Waals surface area contributed by atoms with E-state index in [1.807, 2.05) is 37.3 Å². The topological polar surface area (TPSA) is 35.2 Å². The number of hydrogen-bond acceptors (Lipinski definition) is 3. The van der Waals surface area contributed by atoms with E-state index >= 15 is 0 Å². The second-order valence-electron chi connectivity index (χ2n) is 4.73. The second-order valence-corrected chi connectivity index (χ2v) is 5.84. The van der Waals surface area contributed by atoms with Gasteiger partial charge in [0.2, 0.25) is 0 Å². The summed E-state index contributed by atoms with van der Waals surface area (Å²) in [7, 11) is 1.62. The van der Waals surface area contributed by atoms with Crippen LogP contribution in [-0.4, -0.2) is 13.2 Å². The molecule has 2 N–H and O–H groups in total. The van der Waals surface area contributed by atoms with E-state index in [1.54, 1.807) is 19.2 Å². The van der Waals surface area contributed by atoms with Gasteiger partial charge in [-0.1, -0.05) is 23.9 Å². The second kappa shape index (κ2) is 6.77. The molecule has 0 fully saturated rings. The molecule has 0 aliphatic heterocycles. The SMILES string of the molecule is COc1cccc(Sc2ccc(CC(C)N)cc2F)c1. The molecule has 0 heterocycles. The van der Waals surface area contributed by atoms with Gasteiger partial charge in [0.15, 0.2) is 0 Å². The fourth-order valence-electron chi connectivity index (χ4n) is 1.92. The van der Waals surface area contributed by atoms with E-state index in [9.17, 15) is 4.39 Å². The molecule has 1 unspecified atom stereocenters. The van der Waals surface area contributed by atoms with Crippen molar-refractivity contribution >= 4 is 11.8 Å². The van der Waals surface area contributed by atoms with Crippen LogP contribution in [0.1, 0.15) is 12.5 Å². The Labute approximate surface area is 123 Å². The third kappa shape index (κ3) is 3.99. The highest BCUT2D eigenvalue weighted by molar-refractivity contribution is 7.99. The van der Waals surface area contributed by atoms with Crippen LogP contribution in [0.2, 0.25) is 0 Å². The van der Waals surface area contributed by atoms with Crippen molar-refractivity contribution in [3.63, 3.8) is 0 Å². The van der Waals surface area contributed by atoms with Crippen LogP contribution in [0.5, 0.6) is 5.75 Å². The predicted octanol–water partition coefficient (Wildman–Crippen LogP) is 3.88. The van der Waals surface area contributed by atoms with Crippen molar-refractivity contribution in [2.45, 2.75) is 29.2 Å². The zero-order chi connectivity index (χ0) is 14.5. The Bertz CT molecular complexity index is 586. The van der Waals surface area contributed by atoms with E-state index in [2.05, 4.69) is 0 Å². The van der Waals surface area contributed by atoms with Crippen LogP contribution in [0.15, 0.2) is 52.3 Å². The maximum Gasteiger partial charge on any atom is 0.137 e. The average Bonchev–Trinajstić information content (AvgIpc) is 2.41. The summed E-state index contributed by atoms with van der Waals surface area (Å²) in [5.74, 6) is 0.556. The molecule has 0 spiro atoms. The maximum absolute atomic E-state index is 14.1. The largest absolute Gasteiger partial charge is 0.497 e. The molecule has 106 valence electrons.